The van der Waals surface area contributed by atoms with Gasteiger partial charge < -0.3 is 20.3 Å². The molecule has 0 saturated heterocycles. The second kappa shape index (κ2) is 8.91. The largest absolute Gasteiger partial charge is 0.496 e. The van der Waals surface area contributed by atoms with Gasteiger partial charge in [-0.05, 0) is 44.9 Å². The maximum atomic E-state index is 10.2. The number of methoxy groups -OCH3 is 1. The van der Waals surface area contributed by atoms with E-state index >= 15 is 0 Å². The normalized spacial score (nSPS) is 12.4. The molecule has 0 bridgehead atoms. The minimum atomic E-state index is -0.562. The Labute approximate surface area is 115 Å². The molecule has 0 spiro atoms. The Balaban J connectivity index is 2.40. The van der Waals surface area contributed by atoms with E-state index in [1.54, 1.807) is 7.11 Å². The molecular weight excluding hydrogens is 242 g/mol. The lowest BCUT2D eigenvalue weighted by molar-refractivity contribution is 0.170. The molecule has 4 nitrogen and oxygen atoms in total. The topological polar surface area (TPSA) is 61.7 Å². The second-order valence-electron chi connectivity index (χ2n) is 4.75. The summed E-state index contributed by atoms with van der Waals surface area (Å²) < 4.78 is 5.27. The highest BCUT2D eigenvalue weighted by atomic mass is 16.5. The van der Waals surface area contributed by atoms with Crippen molar-refractivity contribution >= 4 is 0 Å². The third-order valence-electron chi connectivity index (χ3n) is 3.09. The summed E-state index contributed by atoms with van der Waals surface area (Å²) in [6.45, 7) is 3.62. The number of hydrogen-bond acceptors (Lipinski definition) is 4. The average molecular weight is 267 g/mol. The zero-order valence-electron chi connectivity index (χ0n) is 11.9. The number of benzene rings is 1. The molecule has 0 aliphatic rings. The van der Waals surface area contributed by atoms with Gasteiger partial charge in [-0.25, -0.2) is 0 Å². The van der Waals surface area contributed by atoms with Gasteiger partial charge in [0.25, 0.3) is 0 Å². The summed E-state index contributed by atoms with van der Waals surface area (Å²) in [7, 11) is 1.61. The Bertz CT molecular complexity index is 368. The van der Waals surface area contributed by atoms with Gasteiger partial charge in [0.15, 0.2) is 0 Å². The van der Waals surface area contributed by atoms with Crippen molar-refractivity contribution in [3.8, 4) is 5.75 Å². The van der Waals surface area contributed by atoms with Crippen LogP contribution in [0, 0.1) is 6.92 Å². The molecule has 19 heavy (non-hydrogen) atoms. The third-order valence-corrected chi connectivity index (χ3v) is 3.09. The van der Waals surface area contributed by atoms with Gasteiger partial charge >= 0.3 is 0 Å². The van der Waals surface area contributed by atoms with Crippen LogP contribution in [0.1, 0.15) is 36.5 Å². The Kier molecular flexibility index (Phi) is 7.48. The molecule has 0 aliphatic carbocycles. The van der Waals surface area contributed by atoms with Gasteiger partial charge in [-0.1, -0.05) is 11.6 Å². The van der Waals surface area contributed by atoms with Crippen LogP contribution in [0.4, 0.5) is 0 Å². The minimum absolute atomic E-state index is 0.253. The molecule has 0 radical (unpaired) electrons. The van der Waals surface area contributed by atoms with E-state index in [1.165, 1.54) is 0 Å². The van der Waals surface area contributed by atoms with Crippen LogP contribution in [-0.2, 0) is 0 Å². The van der Waals surface area contributed by atoms with Gasteiger partial charge in [0.05, 0.1) is 13.2 Å². The van der Waals surface area contributed by atoms with E-state index in [0.717, 1.165) is 42.7 Å². The van der Waals surface area contributed by atoms with Crippen molar-refractivity contribution in [1.82, 2.24) is 5.32 Å². The highest BCUT2D eigenvalue weighted by Gasteiger charge is 2.12. The lowest BCUT2D eigenvalue weighted by Gasteiger charge is -2.16. The molecular formula is C15H25NO3. The van der Waals surface area contributed by atoms with Gasteiger partial charge in [-0.3, -0.25) is 0 Å². The number of aryl methyl sites for hydroxylation is 1. The number of hydrogen-bond donors (Lipinski definition) is 3. The Morgan fingerprint density at radius 3 is 2.74 bits per heavy atom. The fourth-order valence-corrected chi connectivity index (χ4v) is 2.00. The van der Waals surface area contributed by atoms with Gasteiger partial charge in [0, 0.05) is 18.7 Å². The summed E-state index contributed by atoms with van der Waals surface area (Å²) in [4.78, 5) is 0. The number of aliphatic hydroxyl groups excluding tert-OH is 2. The van der Waals surface area contributed by atoms with E-state index in [-0.39, 0.29) is 6.61 Å². The first-order chi connectivity index (χ1) is 9.19. The lowest BCUT2D eigenvalue weighted by Crippen LogP contribution is -2.23. The molecule has 0 fully saturated rings. The number of nitrogens with one attached hydrogen (secondary N) is 1. The van der Waals surface area contributed by atoms with Gasteiger partial charge in [-0.15, -0.1) is 0 Å². The highest BCUT2D eigenvalue weighted by Crippen LogP contribution is 2.25. The van der Waals surface area contributed by atoms with Crippen LogP contribution < -0.4 is 10.1 Å². The van der Waals surface area contributed by atoms with Crippen molar-refractivity contribution in [3.63, 3.8) is 0 Å². The molecule has 0 aliphatic heterocycles. The Morgan fingerprint density at radius 2 is 2.05 bits per heavy atom. The van der Waals surface area contributed by atoms with E-state index in [1.807, 2.05) is 25.1 Å². The van der Waals surface area contributed by atoms with Crippen molar-refractivity contribution in [1.29, 1.82) is 0 Å². The molecule has 1 aromatic carbocycles. The van der Waals surface area contributed by atoms with Crippen molar-refractivity contribution in [2.24, 2.45) is 0 Å². The molecule has 4 heteroatoms. The summed E-state index contributed by atoms with van der Waals surface area (Å²) in [6, 6.07) is 5.81. The molecule has 3 N–H and O–H groups in total. The first kappa shape index (κ1) is 16.0. The van der Waals surface area contributed by atoms with Crippen molar-refractivity contribution in [3.05, 3.63) is 29.3 Å². The van der Waals surface area contributed by atoms with E-state index in [4.69, 9.17) is 9.84 Å². The summed E-state index contributed by atoms with van der Waals surface area (Å²) in [5.41, 5.74) is 1.93. The third kappa shape index (κ3) is 5.59. The predicted molar refractivity (Wildman–Crippen MR) is 76.5 cm³/mol. The van der Waals surface area contributed by atoms with Crippen LogP contribution in [0.2, 0.25) is 0 Å². The maximum Gasteiger partial charge on any atom is 0.124 e. The first-order valence-electron chi connectivity index (χ1n) is 6.83. The van der Waals surface area contributed by atoms with Crippen molar-refractivity contribution in [2.45, 2.75) is 32.3 Å². The number of aliphatic hydroxyl groups is 2. The van der Waals surface area contributed by atoms with Crippen LogP contribution in [0.25, 0.3) is 0 Å². The van der Waals surface area contributed by atoms with Crippen LogP contribution in [0.5, 0.6) is 5.75 Å². The summed E-state index contributed by atoms with van der Waals surface area (Å²) in [5, 5.41) is 22.1. The van der Waals surface area contributed by atoms with Crippen molar-refractivity contribution < 1.29 is 14.9 Å². The molecule has 0 aromatic heterocycles. The molecule has 1 rings (SSSR count). The summed E-state index contributed by atoms with van der Waals surface area (Å²) >= 11 is 0. The van der Waals surface area contributed by atoms with E-state index in [2.05, 4.69) is 5.32 Å². The molecule has 0 saturated carbocycles. The first-order valence-corrected chi connectivity index (χ1v) is 6.83. The highest BCUT2D eigenvalue weighted by molar-refractivity contribution is 5.38. The number of ether oxygens (including phenoxy) is 1. The average Bonchev–Trinajstić information content (AvgIpc) is 2.42. The smallest absolute Gasteiger partial charge is 0.124 e. The fraction of sp³-hybridized carbons (Fsp3) is 0.600. The van der Waals surface area contributed by atoms with Crippen LogP contribution in [0.3, 0.4) is 0 Å². The van der Waals surface area contributed by atoms with Crippen molar-refractivity contribution in [2.75, 3.05) is 26.8 Å². The van der Waals surface area contributed by atoms with Crippen LogP contribution in [0.15, 0.2) is 18.2 Å². The Morgan fingerprint density at radius 1 is 1.26 bits per heavy atom. The SMILES string of the molecule is COc1ccc(C)cc1C(O)CNCCCCCO. The fourth-order valence-electron chi connectivity index (χ4n) is 2.00. The molecule has 108 valence electrons. The summed E-state index contributed by atoms with van der Waals surface area (Å²) in [5.74, 6) is 0.722. The molecule has 0 amide bonds. The molecule has 1 aromatic rings. The zero-order valence-corrected chi connectivity index (χ0v) is 11.9. The summed E-state index contributed by atoms with van der Waals surface area (Å²) in [6.07, 6.45) is 2.30. The van der Waals surface area contributed by atoms with E-state index in [0.29, 0.717) is 6.54 Å². The van der Waals surface area contributed by atoms with E-state index in [9.17, 15) is 5.11 Å². The van der Waals surface area contributed by atoms with E-state index < -0.39 is 6.10 Å². The monoisotopic (exact) mass is 267 g/mol. The van der Waals surface area contributed by atoms with Gasteiger partial charge in [0.1, 0.15) is 5.75 Å². The maximum absolute atomic E-state index is 10.2. The van der Waals surface area contributed by atoms with Crippen LogP contribution >= 0.6 is 0 Å². The quantitative estimate of drug-likeness (QED) is 0.597. The van der Waals surface area contributed by atoms with Gasteiger partial charge in [0.2, 0.25) is 0 Å². The Hall–Kier alpha value is -1.10. The lowest BCUT2D eigenvalue weighted by atomic mass is 10.1. The second-order valence-corrected chi connectivity index (χ2v) is 4.75. The van der Waals surface area contributed by atoms with Gasteiger partial charge in [-0.2, -0.15) is 0 Å². The number of rotatable bonds is 9. The molecule has 1 unspecified atom stereocenters. The number of unbranched alkanes of at least 4 members (excludes halogenated alkanes) is 2. The minimum Gasteiger partial charge on any atom is -0.496 e. The molecule has 0 heterocycles. The van der Waals surface area contributed by atoms with Crippen LogP contribution in [-0.4, -0.2) is 37.0 Å². The zero-order chi connectivity index (χ0) is 14.1. The predicted octanol–water partition coefficient (Wildman–Crippen LogP) is 1.79. The standard InChI is InChI=1S/C15H25NO3/c1-12-6-7-15(19-2)13(10-12)14(18)11-16-8-4-3-5-9-17/h6-7,10,14,16-18H,3-5,8-9,11H2,1-2H3. The molecule has 1 atom stereocenters.